The lowest BCUT2D eigenvalue weighted by Gasteiger charge is -2.26. The number of pyridine rings is 1. The first-order chi connectivity index (χ1) is 24.0. The van der Waals surface area contributed by atoms with E-state index in [4.69, 9.17) is 14.5 Å². The molecule has 3 aromatic rings. The number of esters is 1. The van der Waals surface area contributed by atoms with Crippen LogP contribution in [0.3, 0.4) is 0 Å². The van der Waals surface area contributed by atoms with Gasteiger partial charge in [-0.25, -0.2) is 23.0 Å². The van der Waals surface area contributed by atoms with Crippen molar-refractivity contribution in [3.63, 3.8) is 0 Å². The predicted molar refractivity (Wildman–Crippen MR) is 186 cm³/mol. The molecule has 2 saturated carbocycles. The zero-order chi connectivity index (χ0) is 35.5. The van der Waals surface area contributed by atoms with Crippen molar-refractivity contribution in [2.75, 3.05) is 27.3 Å². The highest BCUT2D eigenvalue weighted by Crippen LogP contribution is 2.45. The second-order valence-corrected chi connectivity index (χ2v) is 15.0. The quantitative estimate of drug-likeness (QED) is 0.222. The largest absolute Gasteiger partial charge is 0.497 e. The molecule has 3 N–H and O–H groups in total. The molecule has 0 bridgehead atoms. The number of rotatable bonds is 9. The van der Waals surface area contributed by atoms with E-state index in [1.54, 1.807) is 38.4 Å². The minimum Gasteiger partial charge on any atom is -0.497 e. The van der Waals surface area contributed by atoms with Crippen LogP contribution >= 0.6 is 0 Å². The molecule has 6 rings (SSSR count). The Labute approximate surface area is 290 Å². The molecular weight excluding hydrogens is 662 g/mol. The van der Waals surface area contributed by atoms with Crippen LogP contribution in [0.4, 0.5) is 4.79 Å². The van der Waals surface area contributed by atoms with Gasteiger partial charge in [-0.15, -0.1) is 0 Å². The van der Waals surface area contributed by atoms with Gasteiger partial charge < -0.3 is 25.0 Å². The van der Waals surface area contributed by atoms with Gasteiger partial charge in [-0.1, -0.05) is 42.5 Å². The summed E-state index contributed by atoms with van der Waals surface area (Å²) in [6.45, 7) is 0.210. The summed E-state index contributed by atoms with van der Waals surface area (Å²) in [5.74, 6) is -2.00. The zero-order valence-electron chi connectivity index (χ0n) is 28.0. The second kappa shape index (κ2) is 14.5. The summed E-state index contributed by atoms with van der Waals surface area (Å²) < 4.78 is 38.5. The number of carbonyl (C=O) groups is 4. The van der Waals surface area contributed by atoms with Crippen LogP contribution in [0.15, 0.2) is 66.7 Å². The molecule has 0 saturated heterocycles. The number of sulfonamides is 1. The first-order valence-electron chi connectivity index (χ1n) is 16.8. The van der Waals surface area contributed by atoms with E-state index in [1.165, 1.54) is 4.90 Å². The van der Waals surface area contributed by atoms with Crippen molar-refractivity contribution in [1.29, 1.82) is 0 Å². The lowest BCUT2D eigenvalue weighted by atomic mass is 10.0. The molecule has 0 radical (unpaired) electrons. The summed E-state index contributed by atoms with van der Waals surface area (Å²) in [4.78, 5) is 60.2. The van der Waals surface area contributed by atoms with Gasteiger partial charge in [0.2, 0.25) is 15.9 Å². The van der Waals surface area contributed by atoms with Gasteiger partial charge in [-0.3, -0.25) is 14.3 Å². The van der Waals surface area contributed by atoms with E-state index in [1.807, 2.05) is 42.5 Å². The number of nitrogens with zero attached hydrogens (tertiary/aromatic N) is 2. The van der Waals surface area contributed by atoms with E-state index in [9.17, 15) is 27.6 Å². The molecule has 0 spiro atoms. The zero-order valence-corrected chi connectivity index (χ0v) is 28.8. The van der Waals surface area contributed by atoms with E-state index < -0.39 is 56.6 Å². The number of nitrogens with one attached hydrogen (secondary N) is 3. The molecular formula is C36H41N5O8S. The summed E-state index contributed by atoms with van der Waals surface area (Å²) in [5.41, 5.74) is 0.648. The number of carbonyl (C=O) groups excluding carboxylic acids is 4. The predicted octanol–water partition coefficient (Wildman–Crippen LogP) is 3.69. The van der Waals surface area contributed by atoms with Gasteiger partial charge in [0.15, 0.2) is 0 Å². The Morgan fingerprint density at radius 1 is 1.08 bits per heavy atom. The van der Waals surface area contributed by atoms with Crippen LogP contribution in [0.25, 0.3) is 22.2 Å². The molecule has 1 aromatic heterocycles. The van der Waals surface area contributed by atoms with Gasteiger partial charge in [0.25, 0.3) is 5.91 Å². The third-order valence-corrected chi connectivity index (χ3v) is 11.2. The minimum atomic E-state index is -3.87. The molecule has 2 fully saturated rings. The number of amides is 4. The highest BCUT2D eigenvalue weighted by Gasteiger charge is 2.61. The van der Waals surface area contributed by atoms with Crippen molar-refractivity contribution in [1.82, 2.24) is 25.2 Å². The van der Waals surface area contributed by atoms with Gasteiger partial charge in [0.05, 0.1) is 35.7 Å². The monoisotopic (exact) mass is 703 g/mol. The summed E-state index contributed by atoms with van der Waals surface area (Å²) >= 11 is 0. The number of allylic oxidation sites excluding steroid dienone is 1. The Kier molecular flexibility index (Phi) is 10.1. The van der Waals surface area contributed by atoms with Crippen LogP contribution in [-0.2, 0) is 24.3 Å². The van der Waals surface area contributed by atoms with Gasteiger partial charge in [0, 0.05) is 42.9 Å². The Morgan fingerprint density at radius 2 is 1.86 bits per heavy atom. The van der Waals surface area contributed by atoms with Crippen molar-refractivity contribution < 1.29 is 37.1 Å². The highest BCUT2D eigenvalue weighted by molar-refractivity contribution is 7.91. The maximum atomic E-state index is 13.8. The summed E-state index contributed by atoms with van der Waals surface area (Å²) in [6, 6.07) is 14.5. The molecule has 14 heteroatoms. The minimum absolute atomic E-state index is 0.113. The average molecular weight is 704 g/mol. The lowest BCUT2D eigenvalue weighted by Crippen LogP contribution is -2.58. The number of ether oxygens (including phenoxy) is 2. The average Bonchev–Trinajstić information content (AvgIpc) is 4.05. The van der Waals surface area contributed by atoms with Gasteiger partial charge >= 0.3 is 12.0 Å². The van der Waals surface area contributed by atoms with Crippen molar-refractivity contribution in [3.05, 3.63) is 72.3 Å². The fourth-order valence-electron chi connectivity index (χ4n) is 6.08. The number of hydrogen-bond donors (Lipinski definition) is 3. The van der Waals surface area contributed by atoms with Crippen LogP contribution in [0, 0.1) is 5.92 Å². The molecule has 4 amide bonds. The Morgan fingerprint density at radius 3 is 2.60 bits per heavy atom. The fraction of sp³-hybridized carbons (Fsp3) is 0.417. The number of methoxy groups -OCH3 is 1. The van der Waals surface area contributed by atoms with E-state index in [2.05, 4.69) is 15.4 Å². The third kappa shape index (κ3) is 7.75. The molecule has 0 unspecified atom stereocenters. The molecule has 2 heterocycles. The second-order valence-electron chi connectivity index (χ2n) is 13.0. The normalized spacial score (nSPS) is 23.4. The molecule has 3 atom stereocenters. The number of hydrogen-bond acceptors (Lipinski definition) is 9. The SMILES string of the molecule is COc1ccc2c(C(=O)OCC[C@@H]3NC(=O)N(C)CCCC/C=C\[C@@H]4C[C@@]4(C(=O)NS(=O)(=O)C4CC4)NC3=O)cc(-c3ccccc3)nc2c1. The Balaban J connectivity index is 1.22. The number of fused-ring (bicyclic) bond motifs is 2. The molecule has 3 aliphatic rings. The lowest BCUT2D eigenvalue weighted by molar-refractivity contribution is -0.130. The first kappa shape index (κ1) is 34.9. The Hall–Kier alpha value is -4.98. The molecule has 2 aliphatic carbocycles. The standard InChI is InChI=1S/C36H41N5O8S/c1-41-18-9-4-3-8-12-24-22-36(24,34(44)40-50(46,47)26-14-15-26)39-32(42)29(38-35(41)45)17-19-49-33(43)28-21-30(23-10-6-5-7-11-23)37-31-20-25(48-2)13-16-27(28)31/h5-8,10-13,16,20-21,24,26,29H,3-4,9,14-15,17-19,22H2,1-2H3,(H,38,45)(H,39,42)(H,40,44)/b12-8-/t24-,29+,36-/m1/s1. The number of aromatic nitrogens is 1. The molecule has 50 heavy (non-hydrogen) atoms. The van der Waals surface area contributed by atoms with E-state index >= 15 is 0 Å². The molecule has 1 aliphatic heterocycles. The molecule has 264 valence electrons. The number of urea groups is 1. The maximum Gasteiger partial charge on any atom is 0.338 e. The fourth-order valence-corrected chi connectivity index (χ4v) is 7.44. The van der Waals surface area contributed by atoms with Gasteiger partial charge in [0.1, 0.15) is 17.3 Å². The molecule has 13 nitrogen and oxygen atoms in total. The Bertz CT molecular complexity index is 1930. The van der Waals surface area contributed by atoms with Crippen molar-refractivity contribution >= 4 is 44.7 Å². The van der Waals surface area contributed by atoms with Crippen LogP contribution in [0.5, 0.6) is 5.75 Å². The maximum absolute atomic E-state index is 13.8. The van der Waals surface area contributed by atoms with E-state index in [0.717, 1.165) is 18.4 Å². The van der Waals surface area contributed by atoms with Gasteiger partial charge in [-0.2, -0.15) is 0 Å². The van der Waals surface area contributed by atoms with Crippen LogP contribution in [-0.4, -0.2) is 86.3 Å². The van der Waals surface area contributed by atoms with Crippen LogP contribution in [0.1, 0.15) is 55.3 Å². The summed E-state index contributed by atoms with van der Waals surface area (Å²) in [5, 5.41) is 5.40. The van der Waals surface area contributed by atoms with Crippen LogP contribution < -0.4 is 20.1 Å². The van der Waals surface area contributed by atoms with Crippen LogP contribution in [0.2, 0.25) is 0 Å². The van der Waals surface area contributed by atoms with Crippen molar-refractivity contribution in [3.8, 4) is 17.0 Å². The molecule has 2 aromatic carbocycles. The van der Waals surface area contributed by atoms with Gasteiger partial charge in [-0.05, 0) is 56.7 Å². The summed E-state index contributed by atoms with van der Waals surface area (Å²) in [6.07, 6.45) is 7.03. The van der Waals surface area contributed by atoms with E-state index in [-0.39, 0.29) is 25.0 Å². The van der Waals surface area contributed by atoms with Crippen molar-refractivity contribution in [2.24, 2.45) is 5.92 Å². The topological polar surface area (TPSA) is 173 Å². The highest BCUT2D eigenvalue weighted by atomic mass is 32.2. The smallest absolute Gasteiger partial charge is 0.338 e. The first-order valence-corrected chi connectivity index (χ1v) is 18.3. The van der Waals surface area contributed by atoms with E-state index in [0.29, 0.717) is 48.2 Å². The third-order valence-electron chi connectivity index (χ3n) is 9.35. The number of benzene rings is 2. The summed E-state index contributed by atoms with van der Waals surface area (Å²) in [7, 11) is -0.705. The van der Waals surface area contributed by atoms with Crippen molar-refractivity contribution in [2.45, 2.75) is 61.8 Å².